The van der Waals surface area contributed by atoms with Gasteiger partial charge in [-0.15, -0.1) is 0 Å². The van der Waals surface area contributed by atoms with Crippen molar-refractivity contribution >= 4 is 11.8 Å². The maximum atomic E-state index is 12.5. The van der Waals surface area contributed by atoms with Crippen molar-refractivity contribution in [1.29, 1.82) is 0 Å². The summed E-state index contributed by atoms with van der Waals surface area (Å²) in [6.07, 6.45) is 3.64. The second kappa shape index (κ2) is 9.07. The Morgan fingerprint density at radius 3 is 1.56 bits per heavy atom. The highest BCUT2D eigenvalue weighted by Gasteiger charge is 2.26. The molecule has 0 amide bonds. The molecule has 148 valence electrons. The van der Waals surface area contributed by atoms with E-state index in [1.165, 1.54) is 0 Å². The molecule has 2 heterocycles. The van der Waals surface area contributed by atoms with Crippen LogP contribution in [0.3, 0.4) is 0 Å². The molecule has 0 bridgehead atoms. The fourth-order valence-electron chi connectivity index (χ4n) is 3.94. The minimum absolute atomic E-state index is 0.124. The quantitative estimate of drug-likeness (QED) is 0.479. The summed E-state index contributed by atoms with van der Waals surface area (Å²) in [6, 6.07) is 0. The Bertz CT molecular complexity index is 827. The topological polar surface area (TPSA) is 75.0 Å². The Labute approximate surface area is 161 Å². The predicted molar refractivity (Wildman–Crippen MR) is 109 cm³/mol. The van der Waals surface area contributed by atoms with Crippen molar-refractivity contribution in [2.75, 3.05) is 6.61 Å². The van der Waals surface area contributed by atoms with Crippen LogP contribution in [0, 0.1) is 0 Å². The smallest absolute Gasteiger partial charge is 0.355 e. The molecule has 5 heteroatoms. The fourth-order valence-corrected chi connectivity index (χ4v) is 3.94. The van der Waals surface area contributed by atoms with Gasteiger partial charge in [-0.3, -0.25) is 4.79 Å². The molecule has 27 heavy (non-hydrogen) atoms. The van der Waals surface area contributed by atoms with Crippen molar-refractivity contribution in [3.8, 4) is 11.4 Å². The van der Waals surface area contributed by atoms with Gasteiger partial charge in [0.1, 0.15) is 5.69 Å². The molecule has 2 aromatic heterocycles. The second-order valence-corrected chi connectivity index (χ2v) is 6.58. The number of H-pyrrole nitrogens is 2. The van der Waals surface area contributed by atoms with Crippen molar-refractivity contribution in [2.24, 2.45) is 0 Å². The van der Waals surface area contributed by atoms with Gasteiger partial charge in [0.25, 0.3) is 0 Å². The molecule has 0 saturated carbocycles. The van der Waals surface area contributed by atoms with Gasteiger partial charge < -0.3 is 14.7 Å². The Balaban J connectivity index is 2.76. The van der Waals surface area contributed by atoms with Crippen molar-refractivity contribution in [3.05, 3.63) is 33.6 Å². The van der Waals surface area contributed by atoms with Crippen molar-refractivity contribution < 1.29 is 14.3 Å². The van der Waals surface area contributed by atoms with Crippen molar-refractivity contribution in [3.63, 3.8) is 0 Å². The van der Waals surface area contributed by atoms with Gasteiger partial charge >= 0.3 is 5.97 Å². The number of hydrogen-bond donors (Lipinski definition) is 2. The molecule has 0 aliphatic carbocycles. The van der Waals surface area contributed by atoms with Crippen LogP contribution in [0.5, 0.6) is 0 Å². The maximum Gasteiger partial charge on any atom is 0.355 e. The molecular formula is C22H32N2O3. The third-order valence-corrected chi connectivity index (χ3v) is 5.18. The number of rotatable bonds is 9. The van der Waals surface area contributed by atoms with Crippen LogP contribution < -0.4 is 0 Å². The summed E-state index contributed by atoms with van der Waals surface area (Å²) >= 11 is 0. The largest absolute Gasteiger partial charge is 0.461 e. The van der Waals surface area contributed by atoms with Crippen LogP contribution in [0.1, 0.15) is 91.2 Å². The molecule has 5 nitrogen and oxygen atoms in total. The number of carbonyl (C=O) groups is 2. The van der Waals surface area contributed by atoms with Gasteiger partial charge in [0.05, 0.1) is 23.7 Å². The monoisotopic (exact) mass is 372 g/mol. The van der Waals surface area contributed by atoms with Crippen molar-refractivity contribution in [1.82, 2.24) is 9.97 Å². The normalized spacial score (nSPS) is 11.0. The molecule has 0 aliphatic rings. The van der Waals surface area contributed by atoms with Crippen LogP contribution in [0.25, 0.3) is 11.4 Å². The molecule has 2 rings (SSSR count). The highest BCUT2D eigenvalue weighted by Crippen LogP contribution is 2.35. The summed E-state index contributed by atoms with van der Waals surface area (Å²) in [4.78, 5) is 31.7. The summed E-state index contributed by atoms with van der Waals surface area (Å²) in [5.41, 5.74) is 7.46. The lowest BCUT2D eigenvalue weighted by Gasteiger charge is -2.06. The van der Waals surface area contributed by atoms with Gasteiger partial charge in [0, 0.05) is 6.42 Å². The zero-order chi connectivity index (χ0) is 20.1. The molecule has 0 fully saturated rings. The van der Waals surface area contributed by atoms with E-state index in [2.05, 4.69) is 30.7 Å². The van der Waals surface area contributed by atoms with E-state index in [9.17, 15) is 9.59 Å². The minimum atomic E-state index is -0.319. The molecule has 0 aromatic carbocycles. The lowest BCUT2D eigenvalue weighted by molar-refractivity contribution is 0.0519. The molecule has 0 spiro atoms. The molecule has 0 unspecified atom stereocenters. The summed E-state index contributed by atoms with van der Waals surface area (Å²) < 4.78 is 5.25. The van der Waals surface area contributed by atoms with Gasteiger partial charge in [-0.1, -0.05) is 34.6 Å². The van der Waals surface area contributed by atoms with E-state index in [0.29, 0.717) is 24.4 Å². The SMILES string of the molecule is CCOC(=O)c1[nH]c(-c2[nH]c(C(=O)CC)c(CC)c2CC)c(CC)c1CC. The third-order valence-electron chi connectivity index (χ3n) is 5.18. The number of Topliss-reactive ketones (excluding diaryl/α,β-unsaturated/α-hetero) is 1. The number of ether oxygens (including phenoxy) is 1. The first-order valence-corrected chi connectivity index (χ1v) is 10.2. The van der Waals surface area contributed by atoms with E-state index in [1.54, 1.807) is 0 Å². The number of aromatic nitrogens is 2. The van der Waals surface area contributed by atoms with E-state index < -0.39 is 0 Å². The van der Waals surface area contributed by atoms with E-state index >= 15 is 0 Å². The van der Waals surface area contributed by atoms with Crippen LogP contribution in [-0.2, 0) is 30.4 Å². The first-order chi connectivity index (χ1) is 13.0. The van der Waals surface area contributed by atoms with Gasteiger partial charge in [-0.25, -0.2) is 4.79 Å². The van der Waals surface area contributed by atoms with Crippen LogP contribution in [0.4, 0.5) is 0 Å². The molecule has 0 radical (unpaired) electrons. The van der Waals surface area contributed by atoms with Gasteiger partial charge in [0.2, 0.25) is 0 Å². The Hall–Kier alpha value is -2.30. The molecule has 2 aromatic rings. The summed E-state index contributed by atoms with van der Waals surface area (Å²) in [5.74, 6) is -0.195. The Morgan fingerprint density at radius 2 is 1.15 bits per heavy atom. The Kier molecular flexibility index (Phi) is 7.05. The minimum Gasteiger partial charge on any atom is -0.461 e. The van der Waals surface area contributed by atoms with E-state index in [1.807, 2.05) is 20.8 Å². The van der Waals surface area contributed by atoms with Crippen molar-refractivity contribution in [2.45, 2.75) is 73.6 Å². The molecule has 0 atom stereocenters. The fraction of sp³-hybridized carbons (Fsp3) is 0.545. The zero-order valence-corrected chi connectivity index (χ0v) is 17.5. The summed E-state index contributed by atoms with van der Waals surface area (Å²) in [7, 11) is 0. The first-order valence-electron chi connectivity index (χ1n) is 10.2. The maximum absolute atomic E-state index is 12.5. The third kappa shape index (κ3) is 3.73. The van der Waals surface area contributed by atoms with Crippen LogP contribution in [0.2, 0.25) is 0 Å². The Morgan fingerprint density at radius 1 is 0.704 bits per heavy atom. The highest BCUT2D eigenvalue weighted by molar-refractivity contribution is 5.98. The first kappa shape index (κ1) is 21.0. The van der Waals surface area contributed by atoms with Crippen LogP contribution >= 0.6 is 0 Å². The average molecular weight is 373 g/mol. The number of ketones is 1. The number of carbonyl (C=O) groups excluding carboxylic acids is 2. The predicted octanol–water partition coefficient (Wildman–Crippen LogP) is 5.03. The lowest BCUT2D eigenvalue weighted by Crippen LogP contribution is -2.08. The zero-order valence-electron chi connectivity index (χ0n) is 17.5. The lowest BCUT2D eigenvalue weighted by atomic mass is 9.97. The second-order valence-electron chi connectivity index (χ2n) is 6.58. The number of esters is 1. The van der Waals surface area contributed by atoms with Gasteiger partial charge in [-0.2, -0.15) is 0 Å². The molecule has 2 N–H and O–H groups in total. The van der Waals surface area contributed by atoms with E-state index in [-0.39, 0.29) is 11.8 Å². The molecule has 0 aliphatic heterocycles. The number of hydrogen-bond acceptors (Lipinski definition) is 3. The van der Waals surface area contributed by atoms with Gasteiger partial charge in [0.15, 0.2) is 5.78 Å². The molecular weight excluding hydrogens is 340 g/mol. The van der Waals surface area contributed by atoms with E-state index in [4.69, 9.17) is 4.74 Å². The number of nitrogens with one attached hydrogen (secondary N) is 2. The van der Waals surface area contributed by atoms with Crippen LogP contribution in [0.15, 0.2) is 0 Å². The summed E-state index contributed by atoms with van der Waals surface area (Å²) in [5, 5.41) is 0. The van der Waals surface area contributed by atoms with Gasteiger partial charge in [-0.05, 0) is 54.9 Å². The standard InChI is InChI=1S/C22H32N2O3/c1-7-13-14(8-2)19(23-18(13)17(25)11-5)20-15(9-3)16(10-4)21(24-20)22(26)27-12-6/h23-24H,7-12H2,1-6H3. The van der Waals surface area contributed by atoms with E-state index in [0.717, 1.165) is 59.3 Å². The number of aromatic amines is 2. The summed E-state index contributed by atoms with van der Waals surface area (Å²) in [6.45, 7) is 12.4. The average Bonchev–Trinajstić information content (AvgIpc) is 3.24. The molecule has 0 saturated heterocycles. The van der Waals surface area contributed by atoms with Crippen LogP contribution in [-0.4, -0.2) is 28.3 Å². The highest BCUT2D eigenvalue weighted by atomic mass is 16.5.